The molecule has 3 unspecified atom stereocenters. The monoisotopic (exact) mass is 582 g/mol. The SMILES string of the molecule is Cc1ccc(COc2ccc(C3c4sc(=O)[nH]c4SC4C(=O)N(c5ccccc5C(F)(F)F)C(=O)C43)cc2)cc1. The molecule has 0 aliphatic carbocycles. The molecule has 4 aromatic rings. The number of nitrogens with zero attached hydrogens (tertiary/aromatic N) is 1. The van der Waals surface area contributed by atoms with Crippen LogP contribution in [0, 0.1) is 12.8 Å². The molecule has 11 heteroatoms. The number of thiazole rings is 1. The summed E-state index contributed by atoms with van der Waals surface area (Å²) < 4.78 is 47.3. The fourth-order valence-corrected chi connectivity index (χ4v) is 7.66. The predicted molar refractivity (Wildman–Crippen MR) is 146 cm³/mol. The third-order valence-electron chi connectivity index (χ3n) is 7.04. The number of imide groups is 1. The summed E-state index contributed by atoms with van der Waals surface area (Å²) in [6.45, 7) is 2.36. The average molecular weight is 583 g/mol. The molecule has 2 aliphatic rings. The van der Waals surface area contributed by atoms with Crippen LogP contribution in [0.2, 0.25) is 0 Å². The first-order valence-corrected chi connectivity index (χ1v) is 14.0. The molecule has 3 aromatic carbocycles. The van der Waals surface area contributed by atoms with E-state index in [4.69, 9.17) is 4.74 Å². The number of carbonyl (C=O) groups excluding carboxylic acids is 2. The number of thioether (sulfide) groups is 1. The predicted octanol–water partition coefficient (Wildman–Crippen LogP) is 6.14. The van der Waals surface area contributed by atoms with Gasteiger partial charge in [0.25, 0.3) is 0 Å². The number of rotatable bonds is 5. The zero-order valence-corrected chi connectivity index (χ0v) is 22.5. The van der Waals surface area contributed by atoms with E-state index in [1.165, 1.54) is 12.1 Å². The van der Waals surface area contributed by atoms with Crippen LogP contribution in [0.25, 0.3) is 0 Å². The van der Waals surface area contributed by atoms with E-state index in [-0.39, 0.29) is 4.87 Å². The van der Waals surface area contributed by atoms with Crippen molar-refractivity contribution in [3.8, 4) is 5.75 Å². The number of anilines is 1. The minimum atomic E-state index is -4.75. The van der Waals surface area contributed by atoms with Crippen molar-refractivity contribution in [2.45, 2.75) is 35.9 Å². The van der Waals surface area contributed by atoms with Crippen LogP contribution >= 0.6 is 23.1 Å². The molecule has 2 amide bonds. The first-order chi connectivity index (χ1) is 19.1. The van der Waals surface area contributed by atoms with Crippen LogP contribution in [0.5, 0.6) is 5.75 Å². The number of aryl methyl sites for hydroxylation is 1. The molecule has 1 fully saturated rings. The fraction of sp³-hybridized carbons (Fsp3) is 0.207. The standard InChI is InChI=1S/C29H21F3N2O4S2/c1-15-6-8-16(9-7-15)14-38-18-12-10-17(11-13-18)21-22-24(39-25-23(21)40-28(37)33-25)27(36)34(26(22)35)20-5-3-2-4-19(20)29(30,31)32/h2-13,21-22,24H,14H2,1H3,(H,33,37). The van der Waals surface area contributed by atoms with Crippen molar-refractivity contribution in [2.24, 2.45) is 5.92 Å². The van der Waals surface area contributed by atoms with Gasteiger partial charge in [-0.25, -0.2) is 4.90 Å². The maximum Gasteiger partial charge on any atom is 0.418 e. The number of amides is 2. The Balaban J connectivity index is 1.35. The topological polar surface area (TPSA) is 79.5 Å². The van der Waals surface area contributed by atoms with Gasteiger partial charge in [-0.3, -0.25) is 14.4 Å². The number of nitrogens with one attached hydrogen (secondary N) is 1. The van der Waals surface area contributed by atoms with Crippen molar-refractivity contribution < 1.29 is 27.5 Å². The highest BCUT2D eigenvalue weighted by molar-refractivity contribution is 8.00. The van der Waals surface area contributed by atoms with Crippen LogP contribution in [0.1, 0.15) is 33.0 Å². The Labute approximate surface area is 234 Å². The molecular formula is C29H21F3N2O4S2. The highest BCUT2D eigenvalue weighted by atomic mass is 32.2. The Bertz CT molecular complexity index is 1660. The minimum absolute atomic E-state index is 0.334. The van der Waals surface area contributed by atoms with Crippen molar-refractivity contribution >= 4 is 40.6 Å². The number of H-pyrrole nitrogens is 1. The van der Waals surface area contributed by atoms with Gasteiger partial charge in [0.05, 0.1) is 22.2 Å². The second kappa shape index (κ2) is 9.97. The van der Waals surface area contributed by atoms with E-state index < -0.39 is 46.3 Å². The normalized spacial score (nSPS) is 20.4. The lowest BCUT2D eigenvalue weighted by atomic mass is 9.83. The van der Waals surface area contributed by atoms with Gasteiger partial charge in [-0.2, -0.15) is 13.2 Å². The second-order valence-corrected chi connectivity index (χ2v) is 11.8. The number of halogens is 3. The molecule has 1 saturated heterocycles. The van der Waals surface area contributed by atoms with Crippen molar-refractivity contribution in [1.29, 1.82) is 0 Å². The first kappa shape index (κ1) is 26.4. The van der Waals surface area contributed by atoms with Gasteiger partial charge in [0.1, 0.15) is 17.6 Å². The lowest BCUT2D eigenvalue weighted by Crippen LogP contribution is -2.33. The van der Waals surface area contributed by atoms with Gasteiger partial charge in [0, 0.05) is 10.8 Å². The van der Waals surface area contributed by atoms with E-state index in [0.717, 1.165) is 46.4 Å². The number of alkyl halides is 3. The maximum absolute atomic E-state index is 13.8. The van der Waals surface area contributed by atoms with Gasteiger partial charge in [-0.15, -0.1) is 0 Å². The summed E-state index contributed by atoms with van der Waals surface area (Å²) in [6, 6.07) is 19.5. The second-order valence-electron chi connectivity index (χ2n) is 9.62. The molecule has 6 rings (SSSR count). The third-order valence-corrected chi connectivity index (χ3v) is 9.44. The van der Waals surface area contributed by atoms with Crippen LogP contribution in [0.15, 0.2) is 82.6 Å². The van der Waals surface area contributed by atoms with Crippen LogP contribution < -0.4 is 14.5 Å². The molecule has 3 heterocycles. The number of ether oxygens (including phenoxy) is 1. The van der Waals surface area contributed by atoms with Gasteiger partial charge < -0.3 is 9.72 Å². The smallest absolute Gasteiger partial charge is 0.418 e. The number of aromatic nitrogens is 1. The molecule has 2 aliphatic heterocycles. The third kappa shape index (κ3) is 4.62. The van der Waals surface area contributed by atoms with E-state index in [1.807, 2.05) is 31.2 Å². The van der Waals surface area contributed by atoms with Gasteiger partial charge in [-0.1, -0.05) is 77.2 Å². The molecule has 1 N–H and O–H groups in total. The minimum Gasteiger partial charge on any atom is -0.489 e. The Hall–Kier alpha value is -3.83. The number of hydrogen-bond acceptors (Lipinski definition) is 6. The Morgan fingerprint density at radius 2 is 1.62 bits per heavy atom. The van der Waals surface area contributed by atoms with E-state index >= 15 is 0 Å². The molecule has 6 nitrogen and oxygen atoms in total. The highest BCUT2D eigenvalue weighted by Crippen LogP contribution is 2.54. The highest BCUT2D eigenvalue weighted by Gasteiger charge is 2.57. The van der Waals surface area contributed by atoms with E-state index in [9.17, 15) is 27.6 Å². The van der Waals surface area contributed by atoms with E-state index in [1.54, 1.807) is 24.3 Å². The number of fused-ring (bicyclic) bond motifs is 2. The van der Waals surface area contributed by atoms with Crippen molar-refractivity contribution in [1.82, 2.24) is 4.98 Å². The summed E-state index contributed by atoms with van der Waals surface area (Å²) in [4.78, 5) is 43.2. The summed E-state index contributed by atoms with van der Waals surface area (Å²) in [7, 11) is 0. The molecule has 0 saturated carbocycles. The quantitative estimate of drug-likeness (QED) is 0.286. The van der Waals surface area contributed by atoms with Crippen molar-refractivity contribution in [2.75, 3.05) is 4.90 Å². The van der Waals surface area contributed by atoms with Gasteiger partial charge in [-0.05, 0) is 42.3 Å². The molecular weight excluding hydrogens is 561 g/mol. The van der Waals surface area contributed by atoms with E-state index in [0.29, 0.717) is 32.7 Å². The van der Waals surface area contributed by atoms with Gasteiger partial charge in [0.15, 0.2) is 0 Å². The lowest BCUT2D eigenvalue weighted by Gasteiger charge is -2.29. The molecule has 0 radical (unpaired) electrons. The Kier molecular flexibility index (Phi) is 6.58. The zero-order chi connectivity index (χ0) is 28.2. The summed E-state index contributed by atoms with van der Waals surface area (Å²) in [5.74, 6) is -2.57. The van der Waals surface area contributed by atoms with Gasteiger partial charge in [0.2, 0.25) is 11.8 Å². The maximum atomic E-state index is 13.8. The lowest BCUT2D eigenvalue weighted by molar-refractivity contribution is -0.137. The van der Waals surface area contributed by atoms with Crippen molar-refractivity contribution in [3.63, 3.8) is 0 Å². The Morgan fingerprint density at radius 1 is 0.925 bits per heavy atom. The average Bonchev–Trinajstić information content (AvgIpc) is 3.42. The Morgan fingerprint density at radius 3 is 2.33 bits per heavy atom. The molecule has 204 valence electrons. The molecule has 0 spiro atoms. The summed E-state index contributed by atoms with van der Waals surface area (Å²) in [5, 5.41) is -0.540. The van der Waals surface area contributed by atoms with Crippen molar-refractivity contribution in [3.05, 3.63) is 110 Å². The number of carbonyl (C=O) groups is 2. The number of para-hydroxylation sites is 1. The van der Waals surface area contributed by atoms with Crippen LogP contribution in [-0.2, 0) is 22.4 Å². The summed E-state index contributed by atoms with van der Waals surface area (Å²) in [6.07, 6.45) is -4.75. The molecule has 1 aromatic heterocycles. The van der Waals surface area contributed by atoms with E-state index in [2.05, 4.69) is 4.98 Å². The first-order valence-electron chi connectivity index (χ1n) is 12.3. The number of benzene rings is 3. The molecule has 0 bridgehead atoms. The van der Waals surface area contributed by atoms with Crippen LogP contribution in [0.3, 0.4) is 0 Å². The fourth-order valence-electron chi connectivity index (χ4n) is 5.14. The number of aromatic amines is 1. The van der Waals surface area contributed by atoms with Crippen LogP contribution in [-0.4, -0.2) is 22.0 Å². The number of hydrogen-bond donors (Lipinski definition) is 1. The summed E-state index contributed by atoms with van der Waals surface area (Å²) >= 11 is 1.95. The largest absolute Gasteiger partial charge is 0.489 e. The molecule has 40 heavy (non-hydrogen) atoms. The zero-order valence-electron chi connectivity index (χ0n) is 20.9. The van der Waals surface area contributed by atoms with Gasteiger partial charge >= 0.3 is 11.0 Å². The summed E-state index contributed by atoms with van der Waals surface area (Å²) in [5.41, 5.74) is 1.24. The van der Waals surface area contributed by atoms with Crippen LogP contribution in [0.4, 0.5) is 18.9 Å². The molecule has 3 atom stereocenters.